The Kier molecular flexibility index (Phi) is 5.04. The fraction of sp³-hybridized carbons (Fsp3) is 1.00. The average Bonchev–Trinajstić information content (AvgIpc) is 2.99. The minimum absolute atomic E-state index is 0.0617. The van der Waals surface area contributed by atoms with E-state index in [-0.39, 0.29) is 18.9 Å². The molecule has 1 fully saturated rings. The molecule has 1 saturated carbocycles. The van der Waals surface area contributed by atoms with Gasteiger partial charge in [-0.1, -0.05) is 13.3 Å². The molecule has 0 bridgehead atoms. The van der Waals surface area contributed by atoms with Gasteiger partial charge in [0.15, 0.2) is 0 Å². The van der Waals surface area contributed by atoms with Crippen molar-refractivity contribution in [3.05, 3.63) is 0 Å². The van der Waals surface area contributed by atoms with Crippen molar-refractivity contribution >= 4 is 21.7 Å². The Morgan fingerprint density at radius 2 is 2.12 bits per heavy atom. The van der Waals surface area contributed by atoms with Gasteiger partial charge in [0.25, 0.3) is 10.1 Å². The Bertz CT molecular complexity index is 311. The van der Waals surface area contributed by atoms with Gasteiger partial charge in [-0.2, -0.15) is 8.42 Å². The highest BCUT2D eigenvalue weighted by Crippen LogP contribution is 2.48. The number of hydrogen-bond donors (Lipinski definition) is 1. The summed E-state index contributed by atoms with van der Waals surface area (Å²) < 4.78 is 27.8. The normalized spacial score (nSPS) is 20.7. The maximum Gasteiger partial charge on any atom is 0.273 e. The lowest BCUT2D eigenvalue weighted by Crippen LogP contribution is -2.31. The van der Waals surface area contributed by atoms with Gasteiger partial charge in [0.05, 0.1) is 12.7 Å². The number of unbranched alkanes of at least 4 members (excludes halogenated alkanes) is 1. The maximum atomic E-state index is 11.9. The molecule has 0 saturated heterocycles. The number of alkyl halides is 1. The van der Waals surface area contributed by atoms with Crippen LogP contribution in [-0.4, -0.2) is 36.9 Å². The molecule has 0 aromatic rings. The van der Waals surface area contributed by atoms with Gasteiger partial charge in [0.1, 0.15) is 4.75 Å². The van der Waals surface area contributed by atoms with Gasteiger partial charge in [-0.05, 0) is 25.7 Å². The minimum Gasteiger partial charge on any atom is -0.392 e. The van der Waals surface area contributed by atoms with E-state index in [2.05, 4.69) is 0 Å². The molecule has 96 valence electrons. The summed E-state index contributed by atoms with van der Waals surface area (Å²) in [4.78, 5) is 0. The Hall–Kier alpha value is 0.160. The molecule has 1 unspecified atom stereocenters. The highest BCUT2D eigenvalue weighted by Gasteiger charge is 2.56. The number of halogens is 1. The first-order chi connectivity index (χ1) is 7.47. The second-order valence-electron chi connectivity index (χ2n) is 4.32. The van der Waals surface area contributed by atoms with Gasteiger partial charge >= 0.3 is 0 Å². The standard InChI is InChI=1S/C10H19ClO4S/c1-2-3-6-15-16(13,14)10(4-5-10)7-9(12)8-11/h9,12H,2-8H2,1H3. The first-order valence-electron chi connectivity index (χ1n) is 5.60. The molecule has 6 heteroatoms. The first-order valence-corrected chi connectivity index (χ1v) is 7.55. The third kappa shape index (κ3) is 3.32. The Labute approximate surface area is 102 Å². The Morgan fingerprint density at radius 1 is 1.50 bits per heavy atom. The highest BCUT2D eigenvalue weighted by atomic mass is 35.5. The van der Waals surface area contributed by atoms with Gasteiger partial charge in [-0.3, -0.25) is 4.18 Å². The molecule has 1 rings (SSSR count). The minimum atomic E-state index is -3.54. The zero-order valence-electron chi connectivity index (χ0n) is 9.49. The van der Waals surface area contributed by atoms with E-state index in [0.29, 0.717) is 12.8 Å². The largest absolute Gasteiger partial charge is 0.392 e. The lowest BCUT2D eigenvalue weighted by molar-refractivity contribution is 0.179. The van der Waals surface area contributed by atoms with Crippen LogP contribution in [0.4, 0.5) is 0 Å². The molecule has 4 nitrogen and oxygen atoms in total. The van der Waals surface area contributed by atoms with Gasteiger partial charge in [0, 0.05) is 5.88 Å². The van der Waals surface area contributed by atoms with E-state index in [1.807, 2.05) is 6.92 Å². The first kappa shape index (κ1) is 14.2. The molecular formula is C10H19ClO4S. The monoisotopic (exact) mass is 270 g/mol. The van der Waals surface area contributed by atoms with Gasteiger partial charge in [0.2, 0.25) is 0 Å². The lowest BCUT2D eigenvalue weighted by Gasteiger charge is -2.18. The Balaban J connectivity index is 2.54. The number of rotatable bonds is 8. The van der Waals surface area contributed by atoms with Crippen LogP contribution in [0.1, 0.15) is 39.0 Å². The van der Waals surface area contributed by atoms with Gasteiger partial charge in [-0.15, -0.1) is 11.6 Å². The van der Waals surface area contributed by atoms with Gasteiger partial charge in [-0.25, -0.2) is 0 Å². The van der Waals surface area contributed by atoms with Crippen molar-refractivity contribution in [2.45, 2.75) is 49.9 Å². The molecule has 0 spiro atoms. The molecule has 1 aliphatic rings. The van der Waals surface area contributed by atoms with Crippen LogP contribution in [0, 0.1) is 0 Å². The molecule has 1 N–H and O–H groups in total. The second kappa shape index (κ2) is 5.67. The molecule has 1 atom stereocenters. The van der Waals surface area contributed by atoms with Crippen LogP contribution in [0.25, 0.3) is 0 Å². The molecule has 16 heavy (non-hydrogen) atoms. The molecule has 0 radical (unpaired) electrons. The molecule has 1 aliphatic carbocycles. The van der Waals surface area contributed by atoms with Crippen LogP contribution in [0.15, 0.2) is 0 Å². The fourth-order valence-corrected chi connectivity index (χ4v) is 3.31. The summed E-state index contributed by atoms with van der Waals surface area (Å²) in [5.41, 5.74) is 0. The van der Waals surface area contributed by atoms with Crippen LogP contribution in [0.2, 0.25) is 0 Å². The van der Waals surface area contributed by atoms with Crippen LogP contribution < -0.4 is 0 Å². The van der Waals surface area contributed by atoms with E-state index in [0.717, 1.165) is 12.8 Å². The van der Waals surface area contributed by atoms with E-state index in [1.54, 1.807) is 0 Å². The van der Waals surface area contributed by atoms with Crippen molar-refractivity contribution in [2.75, 3.05) is 12.5 Å². The summed E-state index contributed by atoms with van der Waals surface area (Å²) in [5.74, 6) is 0.0617. The molecule has 0 aromatic carbocycles. The summed E-state index contributed by atoms with van der Waals surface area (Å²) in [7, 11) is -3.54. The summed E-state index contributed by atoms with van der Waals surface area (Å²) in [6.45, 7) is 2.21. The van der Waals surface area contributed by atoms with Crippen molar-refractivity contribution in [3.63, 3.8) is 0 Å². The summed E-state index contributed by atoms with van der Waals surface area (Å²) in [6, 6.07) is 0. The molecular weight excluding hydrogens is 252 g/mol. The molecule has 0 aliphatic heterocycles. The lowest BCUT2D eigenvalue weighted by atomic mass is 10.2. The van der Waals surface area contributed by atoms with Crippen LogP contribution in [-0.2, 0) is 14.3 Å². The predicted molar refractivity (Wildman–Crippen MR) is 63.1 cm³/mol. The van der Waals surface area contributed by atoms with Crippen LogP contribution >= 0.6 is 11.6 Å². The smallest absolute Gasteiger partial charge is 0.273 e. The maximum absolute atomic E-state index is 11.9. The zero-order chi connectivity index (χ0) is 12.2. The van der Waals surface area contributed by atoms with E-state index in [4.69, 9.17) is 15.8 Å². The predicted octanol–water partition coefficient (Wildman–Crippen LogP) is 1.66. The number of aliphatic hydroxyl groups is 1. The quantitative estimate of drug-likeness (QED) is 0.414. The molecule has 0 heterocycles. The average molecular weight is 271 g/mol. The van der Waals surface area contributed by atoms with Crippen molar-refractivity contribution in [1.82, 2.24) is 0 Å². The van der Waals surface area contributed by atoms with E-state index >= 15 is 0 Å². The van der Waals surface area contributed by atoms with Crippen molar-refractivity contribution in [3.8, 4) is 0 Å². The number of hydrogen-bond acceptors (Lipinski definition) is 4. The molecule has 0 aromatic heterocycles. The van der Waals surface area contributed by atoms with E-state index < -0.39 is 21.0 Å². The third-order valence-electron chi connectivity index (χ3n) is 2.86. The van der Waals surface area contributed by atoms with Gasteiger partial charge < -0.3 is 5.11 Å². The molecule has 0 amide bonds. The summed E-state index contributed by atoms with van der Waals surface area (Å²) in [5, 5.41) is 9.42. The van der Waals surface area contributed by atoms with Crippen LogP contribution in [0.5, 0.6) is 0 Å². The SMILES string of the molecule is CCCCOS(=O)(=O)C1(CC(O)CCl)CC1. The Morgan fingerprint density at radius 3 is 2.56 bits per heavy atom. The fourth-order valence-electron chi connectivity index (χ4n) is 1.62. The third-order valence-corrected chi connectivity index (χ3v) is 5.33. The number of aliphatic hydroxyl groups excluding tert-OH is 1. The van der Waals surface area contributed by atoms with E-state index in [9.17, 15) is 13.5 Å². The zero-order valence-corrected chi connectivity index (χ0v) is 11.1. The second-order valence-corrected chi connectivity index (χ2v) is 6.64. The van der Waals surface area contributed by atoms with Crippen molar-refractivity contribution in [1.29, 1.82) is 0 Å². The van der Waals surface area contributed by atoms with E-state index in [1.165, 1.54) is 0 Å². The summed E-state index contributed by atoms with van der Waals surface area (Å²) in [6.07, 6.45) is 2.17. The van der Waals surface area contributed by atoms with Crippen molar-refractivity contribution in [2.24, 2.45) is 0 Å². The summed E-state index contributed by atoms with van der Waals surface area (Å²) >= 11 is 5.48. The highest BCUT2D eigenvalue weighted by molar-refractivity contribution is 7.88. The van der Waals surface area contributed by atoms with Crippen LogP contribution in [0.3, 0.4) is 0 Å². The van der Waals surface area contributed by atoms with Crippen molar-refractivity contribution < 1.29 is 17.7 Å². The topological polar surface area (TPSA) is 63.6 Å².